The Labute approximate surface area is 115 Å². The molecule has 102 valence electrons. The Morgan fingerprint density at radius 3 is 2.95 bits per heavy atom. The summed E-state index contributed by atoms with van der Waals surface area (Å²) in [6, 6.07) is 7.59. The fourth-order valence-corrected chi connectivity index (χ4v) is 2.28. The lowest BCUT2D eigenvalue weighted by atomic mass is 10.1. The second-order valence-corrected chi connectivity index (χ2v) is 4.47. The van der Waals surface area contributed by atoms with E-state index in [-0.39, 0.29) is 12.5 Å². The Balaban J connectivity index is 2.13. The van der Waals surface area contributed by atoms with Crippen LogP contribution in [0.15, 0.2) is 30.6 Å². The van der Waals surface area contributed by atoms with Crippen molar-refractivity contribution in [2.24, 2.45) is 5.84 Å². The van der Waals surface area contributed by atoms with Crippen molar-refractivity contribution in [1.82, 2.24) is 9.97 Å². The molecule has 0 fully saturated rings. The molecule has 1 aliphatic heterocycles. The zero-order valence-electron chi connectivity index (χ0n) is 10.9. The van der Waals surface area contributed by atoms with Gasteiger partial charge in [0, 0.05) is 5.56 Å². The zero-order chi connectivity index (χ0) is 14.1. The maximum absolute atomic E-state index is 11.8. The third-order valence-corrected chi connectivity index (χ3v) is 3.22. The molecule has 1 aromatic heterocycles. The molecule has 0 spiro atoms. The topological polar surface area (TPSA) is 96.2 Å². The van der Waals surface area contributed by atoms with E-state index in [1.54, 1.807) is 0 Å². The van der Waals surface area contributed by atoms with Crippen LogP contribution in [0.1, 0.15) is 5.56 Å². The summed E-state index contributed by atoms with van der Waals surface area (Å²) >= 11 is 0. The van der Waals surface area contributed by atoms with Crippen LogP contribution in [0.4, 0.5) is 23.0 Å². The van der Waals surface area contributed by atoms with Crippen molar-refractivity contribution >= 4 is 28.9 Å². The number of carbonyl (C=O) groups excluding carboxylic acids is 1. The third-order valence-electron chi connectivity index (χ3n) is 3.22. The van der Waals surface area contributed by atoms with Gasteiger partial charge in [-0.2, -0.15) is 0 Å². The summed E-state index contributed by atoms with van der Waals surface area (Å²) in [6.45, 7) is 2.07. The molecule has 20 heavy (non-hydrogen) atoms. The van der Waals surface area contributed by atoms with Crippen LogP contribution >= 0.6 is 0 Å². The van der Waals surface area contributed by atoms with Gasteiger partial charge in [-0.05, 0) is 19.1 Å². The largest absolute Gasteiger partial charge is 0.323 e. The number of rotatable bonds is 2. The fourth-order valence-electron chi connectivity index (χ4n) is 2.28. The van der Waals surface area contributed by atoms with E-state index in [1.165, 1.54) is 6.33 Å². The minimum Gasteiger partial charge on any atom is -0.323 e. The number of nitrogen functional groups attached to an aromatic ring is 1. The molecule has 2 heterocycles. The molecule has 0 saturated heterocycles. The first-order valence-electron chi connectivity index (χ1n) is 6.15. The van der Waals surface area contributed by atoms with Gasteiger partial charge in [0.25, 0.3) is 0 Å². The van der Waals surface area contributed by atoms with Crippen LogP contribution in [0.25, 0.3) is 0 Å². The molecule has 0 radical (unpaired) electrons. The van der Waals surface area contributed by atoms with Gasteiger partial charge in [0.2, 0.25) is 5.91 Å². The smallest absolute Gasteiger partial charge is 0.244 e. The molecule has 0 saturated carbocycles. The van der Waals surface area contributed by atoms with Crippen molar-refractivity contribution in [3.63, 3.8) is 0 Å². The second-order valence-electron chi connectivity index (χ2n) is 4.47. The summed E-state index contributed by atoms with van der Waals surface area (Å²) in [5.41, 5.74) is 4.99. The van der Waals surface area contributed by atoms with Crippen molar-refractivity contribution in [3.05, 3.63) is 36.2 Å². The number of nitrogens with one attached hydrogen (secondary N) is 2. The molecule has 7 nitrogen and oxygen atoms in total. The first-order valence-corrected chi connectivity index (χ1v) is 6.15. The molecule has 4 N–H and O–H groups in total. The molecule has 2 aromatic rings. The molecule has 1 aliphatic rings. The summed E-state index contributed by atoms with van der Waals surface area (Å²) in [5, 5.41) is 2.84. The van der Waals surface area contributed by atoms with Crippen LogP contribution in [-0.2, 0) is 4.79 Å². The first-order chi connectivity index (χ1) is 9.70. The second kappa shape index (κ2) is 4.78. The highest BCUT2D eigenvalue weighted by Gasteiger charge is 2.25. The highest BCUT2D eigenvalue weighted by molar-refractivity contribution is 6.03. The maximum Gasteiger partial charge on any atom is 0.244 e. The Bertz CT molecular complexity index is 672. The third kappa shape index (κ3) is 1.94. The molecule has 1 amide bonds. The molecule has 0 aliphatic carbocycles. The van der Waals surface area contributed by atoms with Gasteiger partial charge in [0.05, 0.1) is 11.4 Å². The average Bonchev–Trinajstić information content (AvgIpc) is 2.46. The average molecular weight is 270 g/mol. The van der Waals surface area contributed by atoms with Gasteiger partial charge in [0.15, 0.2) is 0 Å². The standard InChI is InChI=1S/C13H14N6O/c1-8-12(18-14)15-7-16-13(8)19-6-11(20)17-9-4-2-3-5-10(9)19/h2-5,7H,6,14H2,1H3,(H,17,20)(H,15,16,18). The summed E-state index contributed by atoms with van der Waals surface area (Å²) in [4.78, 5) is 22.0. The monoisotopic (exact) mass is 270 g/mol. The highest BCUT2D eigenvalue weighted by Crippen LogP contribution is 2.35. The molecular weight excluding hydrogens is 256 g/mol. The van der Waals surface area contributed by atoms with E-state index >= 15 is 0 Å². The number of carbonyl (C=O) groups is 1. The van der Waals surface area contributed by atoms with Gasteiger partial charge in [-0.25, -0.2) is 15.8 Å². The van der Waals surface area contributed by atoms with E-state index < -0.39 is 0 Å². The molecule has 1 aromatic carbocycles. The number of aromatic nitrogens is 2. The van der Waals surface area contributed by atoms with Crippen molar-refractivity contribution < 1.29 is 4.79 Å². The molecule has 0 unspecified atom stereocenters. The Morgan fingerprint density at radius 2 is 2.15 bits per heavy atom. The lowest BCUT2D eigenvalue weighted by Crippen LogP contribution is -2.36. The maximum atomic E-state index is 11.8. The summed E-state index contributed by atoms with van der Waals surface area (Å²) in [6.07, 6.45) is 1.42. The quantitative estimate of drug-likeness (QED) is 0.560. The van der Waals surface area contributed by atoms with Gasteiger partial charge in [-0.3, -0.25) is 4.79 Å². The van der Waals surface area contributed by atoms with Crippen LogP contribution in [0, 0.1) is 6.92 Å². The number of benzene rings is 1. The lowest BCUT2D eigenvalue weighted by Gasteiger charge is -2.31. The van der Waals surface area contributed by atoms with Gasteiger partial charge in [-0.15, -0.1) is 0 Å². The predicted molar refractivity (Wildman–Crippen MR) is 76.7 cm³/mol. The van der Waals surface area contributed by atoms with Crippen LogP contribution in [-0.4, -0.2) is 22.4 Å². The minimum absolute atomic E-state index is 0.0797. The van der Waals surface area contributed by atoms with Crippen molar-refractivity contribution in [2.75, 3.05) is 22.2 Å². The van der Waals surface area contributed by atoms with Gasteiger partial charge in [-0.1, -0.05) is 12.1 Å². The minimum atomic E-state index is -0.0797. The van der Waals surface area contributed by atoms with E-state index in [0.717, 1.165) is 16.9 Å². The predicted octanol–water partition coefficient (Wildman–Crippen LogP) is 1.16. The number of amides is 1. The van der Waals surface area contributed by atoms with E-state index in [0.29, 0.717) is 11.6 Å². The number of hydrogen-bond donors (Lipinski definition) is 3. The lowest BCUT2D eigenvalue weighted by molar-refractivity contribution is -0.115. The first kappa shape index (κ1) is 12.4. The summed E-state index contributed by atoms with van der Waals surface area (Å²) in [5.74, 6) is 6.56. The number of para-hydroxylation sites is 2. The van der Waals surface area contributed by atoms with E-state index in [9.17, 15) is 4.79 Å². The molecule has 0 atom stereocenters. The number of nitrogens with two attached hydrogens (primary N) is 1. The van der Waals surface area contributed by atoms with Gasteiger partial charge >= 0.3 is 0 Å². The van der Waals surface area contributed by atoms with Crippen LogP contribution < -0.4 is 21.5 Å². The summed E-state index contributed by atoms with van der Waals surface area (Å²) < 4.78 is 0. The SMILES string of the molecule is Cc1c(NN)ncnc1N1CC(=O)Nc2ccccc21. The van der Waals surface area contributed by atoms with Gasteiger partial charge < -0.3 is 15.6 Å². The number of anilines is 4. The summed E-state index contributed by atoms with van der Waals surface area (Å²) in [7, 11) is 0. The van der Waals surface area contributed by atoms with E-state index in [4.69, 9.17) is 5.84 Å². The van der Waals surface area contributed by atoms with Crippen LogP contribution in [0.5, 0.6) is 0 Å². The fraction of sp³-hybridized carbons (Fsp3) is 0.154. The molecule has 3 rings (SSSR count). The highest BCUT2D eigenvalue weighted by atomic mass is 16.2. The van der Waals surface area contributed by atoms with Crippen LogP contribution in [0.3, 0.4) is 0 Å². The molecule has 0 bridgehead atoms. The normalized spacial score (nSPS) is 13.7. The Kier molecular flexibility index (Phi) is 2.96. The van der Waals surface area contributed by atoms with Crippen LogP contribution in [0.2, 0.25) is 0 Å². The number of hydrogen-bond acceptors (Lipinski definition) is 6. The zero-order valence-corrected chi connectivity index (χ0v) is 10.9. The number of fused-ring (bicyclic) bond motifs is 1. The molecular formula is C13H14N6O. The number of hydrazine groups is 1. The van der Waals surface area contributed by atoms with E-state index in [1.807, 2.05) is 36.1 Å². The number of nitrogens with zero attached hydrogens (tertiary/aromatic N) is 3. The van der Waals surface area contributed by atoms with Gasteiger partial charge in [0.1, 0.15) is 24.5 Å². The molecule has 7 heteroatoms. The van der Waals surface area contributed by atoms with Crippen molar-refractivity contribution in [1.29, 1.82) is 0 Å². The van der Waals surface area contributed by atoms with Crippen molar-refractivity contribution in [2.45, 2.75) is 6.92 Å². The van der Waals surface area contributed by atoms with Crippen molar-refractivity contribution in [3.8, 4) is 0 Å². The van der Waals surface area contributed by atoms with E-state index in [2.05, 4.69) is 20.7 Å². The Hall–Kier alpha value is -2.67. The Morgan fingerprint density at radius 1 is 1.35 bits per heavy atom.